The third-order valence-electron chi connectivity index (χ3n) is 3.93. The molecule has 1 aromatic carbocycles. The molecule has 8 heteroatoms. The largest absolute Gasteiger partial charge is 0.439 e. The molecule has 1 aromatic heterocycles. The first kappa shape index (κ1) is 16.4. The molecule has 0 spiro atoms. The predicted octanol–water partition coefficient (Wildman–Crippen LogP) is 3.19. The fraction of sp³-hybridized carbons (Fsp3) is 0.533. The van der Waals surface area contributed by atoms with Crippen molar-refractivity contribution >= 4 is 21.9 Å². The molecule has 0 amide bonds. The van der Waals surface area contributed by atoms with Gasteiger partial charge in [-0.3, -0.25) is 9.11 Å². The van der Waals surface area contributed by atoms with Gasteiger partial charge in [-0.05, 0) is 32.0 Å². The highest BCUT2D eigenvalue weighted by Crippen LogP contribution is 2.31. The maximum Gasteiger partial charge on any atom is 0.416 e. The lowest BCUT2D eigenvalue weighted by atomic mass is 10.2. The van der Waals surface area contributed by atoms with Gasteiger partial charge >= 0.3 is 6.18 Å². The summed E-state index contributed by atoms with van der Waals surface area (Å²) < 4.78 is 55.3. The Morgan fingerprint density at radius 3 is 2.78 bits per heavy atom. The molecule has 2 heterocycles. The van der Waals surface area contributed by atoms with E-state index in [9.17, 15) is 17.4 Å². The van der Waals surface area contributed by atoms with Crippen LogP contribution < -0.4 is 0 Å². The van der Waals surface area contributed by atoms with E-state index in [1.54, 1.807) is 0 Å². The van der Waals surface area contributed by atoms with Crippen molar-refractivity contribution in [2.24, 2.45) is 0 Å². The summed E-state index contributed by atoms with van der Waals surface area (Å²) in [5.74, 6) is 0.952. The topological polar surface area (TPSA) is 46.3 Å². The number of hydrogen-bond donors (Lipinski definition) is 0. The number of benzene rings is 1. The Hall–Kier alpha value is -1.41. The molecule has 0 N–H and O–H groups in total. The van der Waals surface area contributed by atoms with Gasteiger partial charge in [-0.2, -0.15) is 13.2 Å². The lowest BCUT2D eigenvalue weighted by Crippen LogP contribution is -2.49. The van der Waals surface area contributed by atoms with E-state index in [4.69, 9.17) is 4.42 Å². The molecule has 126 valence electrons. The van der Waals surface area contributed by atoms with Gasteiger partial charge in [0.25, 0.3) is 0 Å². The zero-order chi connectivity index (χ0) is 16.8. The van der Waals surface area contributed by atoms with Crippen molar-refractivity contribution in [1.82, 2.24) is 9.88 Å². The minimum Gasteiger partial charge on any atom is -0.439 e. The van der Waals surface area contributed by atoms with E-state index in [2.05, 4.69) is 9.88 Å². The average molecular weight is 346 g/mol. The van der Waals surface area contributed by atoms with Crippen molar-refractivity contribution in [1.29, 1.82) is 0 Å². The number of rotatable bonds is 2. The van der Waals surface area contributed by atoms with E-state index in [0.717, 1.165) is 12.1 Å². The zero-order valence-electron chi connectivity index (χ0n) is 12.8. The van der Waals surface area contributed by atoms with Crippen molar-refractivity contribution < 1.29 is 21.8 Å². The summed E-state index contributed by atoms with van der Waals surface area (Å²) in [6.45, 7) is 5.57. The Bertz CT molecular complexity index is 755. The minimum absolute atomic E-state index is 0.203. The Balaban J connectivity index is 1.80. The molecule has 1 aliphatic rings. The van der Waals surface area contributed by atoms with Crippen LogP contribution >= 0.6 is 0 Å². The first-order valence-electron chi connectivity index (χ1n) is 7.23. The molecule has 0 bridgehead atoms. The monoisotopic (exact) mass is 346 g/mol. The summed E-state index contributed by atoms with van der Waals surface area (Å²) in [6.07, 6.45) is -4.39. The lowest BCUT2D eigenvalue weighted by Gasteiger charge is -2.36. The summed E-state index contributed by atoms with van der Waals surface area (Å²) in [6, 6.07) is 3.28. The first-order valence-corrected chi connectivity index (χ1v) is 8.54. The molecule has 23 heavy (non-hydrogen) atoms. The van der Waals surface area contributed by atoms with Gasteiger partial charge in [0.15, 0.2) is 5.58 Å². The summed E-state index contributed by atoms with van der Waals surface area (Å²) in [5.41, 5.74) is -0.193. The van der Waals surface area contributed by atoms with Crippen LogP contribution in [0.15, 0.2) is 22.6 Å². The van der Waals surface area contributed by atoms with Gasteiger partial charge < -0.3 is 4.42 Å². The Kier molecular flexibility index (Phi) is 4.00. The SMILES string of the molecule is CC1(C)CN(Cc2nc3cc(C(F)(F)F)ccc3o2)CC[S@]1=O. The molecule has 2 aromatic rings. The fourth-order valence-corrected chi connectivity index (χ4v) is 4.03. The summed E-state index contributed by atoms with van der Waals surface area (Å²) >= 11 is 0. The van der Waals surface area contributed by atoms with E-state index in [0.29, 0.717) is 36.9 Å². The number of hydrogen-bond acceptors (Lipinski definition) is 4. The van der Waals surface area contributed by atoms with Crippen molar-refractivity contribution in [2.45, 2.75) is 31.3 Å². The minimum atomic E-state index is -4.39. The Morgan fingerprint density at radius 1 is 1.39 bits per heavy atom. The molecular formula is C15H17F3N2O2S. The second kappa shape index (κ2) is 5.59. The Morgan fingerprint density at radius 2 is 2.13 bits per heavy atom. The maximum absolute atomic E-state index is 12.7. The third-order valence-corrected chi connectivity index (χ3v) is 5.85. The van der Waals surface area contributed by atoms with Crippen molar-refractivity contribution in [2.75, 3.05) is 18.8 Å². The summed E-state index contributed by atoms with van der Waals surface area (Å²) in [7, 11) is -0.875. The van der Waals surface area contributed by atoms with E-state index in [1.165, 1.54) is 6.07 Å². The summed E-state index contributed by atoms with van der Waals surface area (Å²) in [5, 5.41) is 0. The highest BCUT2D eigenvalue weighted by Gasteiger charge is 2.34. The van der Waals surface area contributed by atoms with E-state index in [1.807, 2.05) is 13.8 Å². The molecule has 4 nitrogen and oxygen atoms in total. The third kappa shape index (κ3) is 3.42. The second-order valence-corrected chi connectivity index (χ2v) is 8.51. The van der Waals surface area contributed by atoms with Crippen molar-refractivity contribution in [3.8, 4) is 0 Å². The van der Waals surface area contributed by atoms with Crippen LogP contribution in [0.5, 0.6) is 0 Å². The average Bonchev–Trinajstić information content (AvgIpc) is 2.82. The maximum atomic E-state index is 12.7. The summed E-state index contributed by atoms with van der Waals surface area (Å²) in [4.78, 5) is 6.23. The van der Waals surface area contributed by atoms with Crippen LogP contribution in [-0.2, 0) is 23.5 Å². The molecule has 1 fully saturated rings. The van der Waals surface area contributed by atoms with Gasteiger partial charge in [0.1, 0.15) is 5.52 Å². The van der Waals surface area contributed by atoms with Crippen LogP contribution in [0.25, 0.3) is 11.1 Å². The number of oxazole rings is 1. The van der Waals surface area contributed by atoms with Gasteiger partial charge in [0.2, 0.25) is 5.89 Å². The molecule has 0 unspecified atom stereocenters. The number of halogens is 3. The second-order valence-electron chi connectivity index (χ2n) is 6.31. The molecule has 3 rings (SSSR count). The van der Waals surface area contributed by atoms with E-state index >= 15 is 0 Å². The number of aromatic nitrogens is 1. The van der Waals surface area contributed by atoms with Crippen LogP contribution in [0.1, 0.15) is 25.3 Å². The Labute approximate surface area is 134 Å². The predicted molar refractivity (Wildman–Crippen MR) is 81.4 cm³/mol. The van der Waals surface area contributed by atoms with Gasteiger partial charge in [-0.1, -0.05) is 0 Å². The lowest BCUT2D eigenvalue weighted by molar-refractivity contribution is -0.137. The standard InChI is InChI=1S/C15H17F3N2O2S/c1-14(2)9-20(5-6-23(14)21)8-13-19-11-7-10(15(16,17)18)3-4-12(11)22-13/h3-4,7H,5-6,8-9H2,1-2H3/t23-/m1/s1. The number of fused-ring (bicyclic) bond motifs is 1. The molecule has 1 aliphatic heterocycles. The van der Waals surface area contributed by atoms with Gasteiger partial charge in [0.05, 0.1) is 16.9 Å². The molecule has 1 saturated heterocycles. The zero-order valence-corrected chi connectivity index (χ0v) is 13.6. The van der Waals surface area contributed by atoms with Crippen LogP contribution in [0.3, 0.4) is 0 Å². The van der Waals surface area contributed by atoms with Gasteiger partial charge in [-0.15, -0.1) is 0 Å². The highest BCUT2D eigenvalue weighted by molar-refractivity contribution is 7.86. The van der Waals surface area contributed by atoms with Crippen LogP contribution in [0, 0.1) is 0 Å². The van der Waals surface area contributed by atoms with E-state index in [-0.39, 0.29) is 10.3 Å². The first-order chi connectivity index (χ1) is 10.6. The molecule has 0 aliphatic carbocycles. The number of alkyl halides is 3. The smallest absolute Gasteiger partial charge is 0.416 e. The van der Waals surface area contributed by atoms with Crippen LogP contribution in [0.2, 0.25) is 0 Å². The van der Waals surface area contributed by atoms with Crippen LogP contribution in [-0.4, -0.2) is 37.7 Å². The van der Waals surface area contributed by atoms with E-state index < -0.39 is 22.5 Å². The number of nitrogens with zero attached hydrogens (tertiary/aromatic N) is 2. The van der Waals surface area contributed by atoms with Crippen LogP contribution in [0.4, 0.5) is 13.2 Å². The molecular weight excluding hydrogens is 329 g/mol. The molecule has 0 radical (unpaired) electrons. The highest BCUT2D eigenvalue weighted by atomic mass is 32.2. The normalized spacial score (nSPS) is 22.6. The quantitative estimate of drug-likeness (QED) is 0.838. The van der Waals surface area contributed by atoms with Crippen molar-refractivity contribution in [3.05, 3.63) is 29.7 Å². The molecule has 0 saturated carbocycles. The molecule has 1 atom stereocenters. The van der Waals surface area contributed by atoms with Gasteiger partial charge in [0, 0.05) is 29.6 Å². The van der Waals surface area contributed by atoms with Crippen molar-refractivity contribution in [3.63, 3.8) is 0 Å². The fourth-order valence-electron chi connectivity index (χ4n) is 2.72. The van der Waals surface area contributed by atoms with Gasteiger partial charge in [-0.25, -0.2) is 4.98 Å².